The Morgan fingerprint density at radius 1 is 0.759 bits per heavy atom. The smallest absolute Gasteiger partial charge is 0.308 e. The van der Waals surface area contributed by atoms with Crippen molar-refractivity contribution in [1.82, 2.24) is 0 Å². The first-order valence-electron chi connectivity index (χ1n) is 9.78. The normalized spacial score (nSPS) is 11.4. The summed E-state index contributed by atoms with van der Waals surface area (Å²) in [5, 5.41) is 0. The number of rotatable bonds is 16. The van der Waals surface area contributed by atoms with Gasteiger partial charge in [0.1, 0.15) is 18.0 Å². The third-order valence-electron chi connectivity index (χ3n) is 3.30. The zero-order valence-corrected chi connectivity index (χ0v) is 19.2. The molecule has 1 rings (SSSR count). The molecule has 0 atom stereocenters. The molecule has 0 saturated heterocycles. The molecule has 29 heavy (non-hydrogen) atoms. The minimum atomic E-state index is -0.459. The SMILES string of the molecule is CC(C)(C)OC(=O)CCOCCOCCOCCOCCOc1ccc(Br)cc1. The van der Waals surface area contributed by atoms with Crippen molar-refractivity contribution >= 4 is 21.9 Å². The van der Waals surface area contributed by atoms with E-state index < -0.39 is 5.60 Å². The minimum absolute atomic E-state index is 0.245. The summed E-state index contributed by atoms with van der Waals surface area (Å²) in [7, 11) is 0. The molecule has 0 N–H and O–H groups in total. The molecular formula is C21H33BrO7. The Morgan fingerprint density at radius 3 is 1.69 bits per heavy atom. The van der Waals surface area contributed by atoms with Crippen molar-refractivity contribution in [2.75, 3.05) is 59.5 Å². The molecule has 0 aliphatic carbocycles. The number of carbonyl (C=O) groups excluding carboxylic acids is 1. The maximum atomic E-state index is 11.5. The van der Waals surface area contributed by atoms with Gasteiger partial charge in [-0.25, -0.2) is 0 Å². The van der Waals surface area contributed by atoms with Crippen molar-refractivity contribution in [3.63, 3.8) is 0 Å². The zero-order valence-electron chi connectivity index (χ0n) is 17.6. The predicted molar refractivity (Wildman–Crippen MR) is 113 cm³/mol. The number of carbonyl (C=O) groups is 1. The zero-order chi connectivity index (χ0) is 21.4. The van der Waals surface area contributed by atoms with Crippen LogP contribution in [0.15, 0.2) is 28.7 Å². The highest BCUT2D eigenvalue weighted by Gasteiger charge is 2.15. The van der Waals surface area contributed by atoms with Gasteiger partial charge in [0.05, 0.1) is 59.3 Å². The maximum Gasteiger partial charge on any atom is 0.308 e. The Kier molecular flexibility index (Phi) is 13.9. The number of hydrogen-bond acceptors (Lipinski definition) is 7. The molecule has 1 aromatic carbocycles. The first kappa shape index (κ1) is 25.8. The second-order valence-electron chi connectivity index (χ2n) is 7.09. The van der Waals surface area contributed by atoms with Gasteiger partial charge in [0, 0.05) is 4.47 Å². The van der Waals surface area contributed by atoms with E-state index in [1.54, 1.807) is 0 Å². The average Bonchev–Trinajstić information content (AvgIpc) is 2.65. The highest BCUT2D eigenvalue weighted by Crippen LogP contribution is 2.15. The Bertz CT molecular complexity index is 543. The molecule has 0 bridgehead atoms. The van der Waals surface area contributed by atoms with E-state index in [1.165, 1.54) is 0 Å². The molecule has 166 valence electrons. The Balaban J connectivity index is 1.78. The largest absolute Gasteiger partial charge is 0.491 e. The van der Waals surface area contributed by atoms with Crippen LogP contribution in [0.1, 0.15) is 27.2 Å². The second kappa shape index (κ2) is 15.6. The lowest BCUT2D eigenvalue weighted by Crippen LogP contribution is -2.24. The molecular weight excluding hydrogens is 444 g/mol. The third-order valence-corrected chi connectivity index (χ3v) is 3.83. The fraction of sp³-hybridized carbons (Fsp3) is 0.667. The van der Waals surface area contributed by atoms with Gasteiger partial charge in [-0.3, -0.25) is 4.79 Å². The number of halogens is 1. The van der Waals surface area contributed by atoms with Crippen molar-refractivity contribution in [3.05, 3.63) is 28.7 Å². The summed E-state index contributed by atoms with van der Waals surface area (Å²) < 4.78 is 33.4. The Morgan fingerprint density at radius 2 is 1.21 bits per heavy atom. The van der Waals surface area contributed by atoms with Gasteiger partial charge >= 0.3 is 5.97 Å². The van der Waals surface area contributed by atoms with Crippen LogP contribution in [0.2, 0.25) is 0 Å². The highest BCUT2D eigenvalue weighted by molar-refractivity contribution is 9.10. The molecule has 1 aromatic rings. The lowest BCUT2D eigenvalue weighted by molar-refractivity contribution is -0.156. The summed E-state index contributed by atoms with van der Waals surface area (Å²) in [4.78, 5) is 11.5. The fourth-order valence-corrected chi connectivity index (χ4v) is 2.32. The molecule has 0 aromatic heterocycles. The summed E-state index contributed by atoms with van der Waals surface area (Å²) >= 11 is 3.38. The lowest BCUT2D eigenvalue weighted by Gasteiger charge is -2.19. The summed E-state index contributed by atoms with van der Waals surface area (Å²) in [5.74, 6) is 0.563. The van der Waals surface area contributed by atoms with E-state index in [0.717, 1.165) is 10.2 Å². The topological polar surface area (TPSA) is 72.5 Å². The van der Waals surface area contributed by atoms with E-state index in [0.29, 0.717) is 59.5 Å². The van der Waals surface area contributed by atoms with Gasteiger partial charge in [-0.2, -0.15) is 0 Å². The van der Waals surface area contributed by atoms with Crippen LogP contribution in [-0.4, -0.2) is 71.0 Å². The van der Waals surface area contributed by atoms with Crippen molar-refractivity contribution in [2.45, 2.75) is 32.8 Å². The van der Waals surface area contributed by atoms with Gasteiger partial charge < -0.3 is 28.4 Å². The molecule has 8 heteroatoms. The predicted octanol–water partition coefficient (Wildman–Crippen LogP) is 3.63. The number of ether oxygens (including phenoxy) is 6. The van der Waals surface area contributed by atoms with Crippen LogP contribution in [0, 0.1) is 0 Å². The quantitative estimate of drug-likeness (QED) is 0.266. The van der Waals surface area contributed by atoms with E-state index >= 15 is 0 Å². The summed E-state index contributed by atoms with van der Waals surface area (Å²) in [5.41, 5.74) is -0.459. The summed E-state index contributed by atoms with van der Waals surface area (Å²) in [6.07, 6.45) is 0.245. The second-order valence-corrected chi connectivity index (χ2v) is 8.00. The average molecular weight is 477 g/mol. The lowest BCUT2D eigenvalue weighted by atomic mass is 10.2. The Labute approximate surface area is 182 Å². The van der Waals surface area contributed by atoms with Gasteiger partial charge in [0.25, 0.3) is 0 Å². The fourth-order valence-electron chi connectivity index (χ4n) is 2.06. The van der Waals surface area contributed by atoms with Crippen molar-refractivity contribution in [2.24, 2.45) is 0 Å². The van der Waals surface area contributed by atoms with E-state index in [1.807, 2.05) is 45.0 Å². The van der Waals surface area contributed by atoms with Gasteiger partial charge in [-0.1, -0.05) is 15.9 Å². The molecule has 7 nitrogen and oxygen atoms in total. The number of hydrogen-bond donors (Lipinski definition) is 0. The van der Waals surface area contributed by atoms with E-state index in [2.05, 4.69) is 15.9 Å². The van der Waals surface area contributed by atoms with Crippen LogP contribution in [0.4, 0.5) is 0 Å². The molecule has 0 heterocycles. The van der Waals surface area contributed by atoms with Crippen LogP contribution in [-0.2, 0) is 28.5 Å². The molecule has 0 fully saturated rings. The van der Waals surface area contributed by atoms with Crippen LogP contribution in [0.3, 0.4) is 0 Å². The maximum absolute atomic E-state index is 11.5. The van der Waals surface area contributed by atoms with Gasteiger partial charge in [0.15, 0.2) is 0 Å². The summed E-state index contributed by atoms with van der Waals surface area (Å²) in [6.45, 7) is 9.76. The molecule has 0 aliphatic heterocycles. The molecule has 0 spiro atoms. The monoisotopic (exact) mass is 476 g/mol. The molecule has 0 unspecified atom stereocenters. The third kappa shape index (κ3) is 16.3. The summed E-state index contributed by atoms with van der Waals surface area (Å²) in [6, 6.07) is 7.67. The van der Waals surface area contributed by atoms with Crippen molar-refractivity contribution < 1.29 is 33.2 Å². The van der Waals surface area contributed by atoms with Gasteiger partial charge in [-0.05, 0) is 45.0 Å². The molecule has 0 amide bonds. The van der Waals surface area contributed by atoms with E-state index in [9.17, 15) is 4.79 Å². The molecule has 0 aliphatic rings. The van der Waals surface area contributed by atoms with Crippen molar-refractivity contribution in [1.29, 1.82) is 0 Å². The standard InChI is InChI=1S/C21H33BrO7/c1-21(2,3)29-20(23)8-9-24-10-11-25-12-13-26-14-15-27-16-17-28-19-6-4-18(22)5-7-19/h4-7H,8-17H2,1-3H3. The van der Waals surface area contributed by atoms with Crippen molar-refractivity contribution in [3.8, 4) is 5.75 Å². The van der Waals surface area contributed by atoms with Crippen LogP contribution < -0.4 is 4.74 Å². The molecule has 0 saturated carbocycles. The number of esters is 1. The molecule has 0 radical (unpaired) electrons. The first-order chi connectivity index (χ1) is 13.9. The number of benzene rings is 1. The van der Waals surface area contributed by atoms with Gasteiger partial charge in [-0.15, -0.1) is 0 Å². The Hall–Kier alpha value is -1.19. The first-order valence-corrected chi connectivity index (χ1v) is 10.6. The van der Waals surface area contributed by atoms with E-state index in [-0.39, 0.29) is 12.4 Å². The van der Waals surface area contributed by atoms with Crippen LogP contribution in [0.25, 0.3) is 0 Å². The van der Waals surface area contributed by atoms with Gasteiger partial charge in [0.2, 0.25) is 0 Å². The van der Waals surface area contributed by atoms with E-state index in [4.69, 9.17) is 28.4 Å². The van der Waals surface area contributed by atoms with Crippen LogP contribution in [0.5, 0.6) is 5.75 Å². The van der Waals surface area contributed by atoms with Crippen LogP contribution >= 0.6 is 15.9 Å². The minimum Gasteiger partial charge on any atom is -0.491 e. The highest BCUT2D eigenvalue weighted by atomic mass is 79.9.